The van der Waals surface area contributed by atoms with Crippen LogP contribution in [0, 0.1) is 0 Å². The summed E-state index contributed by atoms with van der Waals surface area (Å²) in [5.41, 5.74) is 2.72. The van der Waals surface area contributed by atoms with Crippen LogP contribution in [0.15, 0.2) is 23.4 Å². The van der Waals surface area contributed by atoms with E-state index in [1.807, 2.05) is 24.9 Å². The summed E-state index contributed by atoms with van der Waals surface area (Å²) in [5.74, 6) is 1.84. The van der Waals surface area contributed by atoms with Crippen LogP contribution in [0.1, 0.15) is 52.9 Å². The highest BCUT2D eigenvalue weighted by molar-refractivity contribution is 7.99. The number of nitrogens with zero attached hydrogens (tertiary/aromatic N) is 1. The quantitative estimate of drug-likeness (QED) is 0.645. The Morgan fingerprint density at radius 1 is 1.42 bits per heavy atom. The van der Waals surface area contributed by atoms with Crippen molar-refractivity contribution in [3.05, 3.63) is 23.4 Å². The summed E-state index contributed by atoms with van der Waals surface area (Å²) in [4.78, 5) is 14.1. The summed E-state index contributed by atoms with van der Waals surface area (Å²) in [6, 6.07) is 0. The van der Waals surface area contributed by atoms with Gasteiger partial charge in [-0.25, -0.2) is 0 Å². The molecule has 0 aromatic carbocycles. The fraction of sp³-hybridized carbons (Fsp3) is 0.688. The van der Waals surface area contributed by atoms with E-state index in [1.54, 1.807) is 11.8 Å². The molecule has 0 atom stereocenters. The van der Waals surface area contributed by atoms with Crippen LogP contribution >= 0.6 is 11.8 Å². The van der Waals surface area contributed by atoms with E-state index in [0.29, 0.717) is 5.75 Å². The first-order valence-corrected chi connectivity index (χ1v) is 8.49. The summed E-state index contributed by atoms with van der Waals surface area (Å²) in [7, 11) is 0. The lowest BCUT2D eigenvalue weighted by molar-refractivity contribution is -0.125. The van der Waals surface area contributed by atoms with Gasteiger partial charge in [0.25, 0.3) is 0 Å². The highest BCUT2D eigenvalue weighted by Gasteiger charge is 2.12. The van der Waals surface area contributed by atoms with E-state index in [1.165, 1.54) is 36.8 Å². The first kappa shape index (κ1) is 16.4. The van der Waals surface area contributed by atoms with Crippen molar-refractivity contribution < 1.29 is 4.79 Å². The third-order valence-electron chi connectivity index (χ3n) is 3.22. The zero-order valence-electron chi connectivity index (χ0n) is 12.6. The van der Waals surface area contributed by atoms with Gasteiger partial charge in [-0.15, -0.1) is 0 Å². The van der Waals surface area contributed by atoms with E-state index >= 15 is 0 Å². The van der Waals surface area contributed by atoms with Crippen LogP contribution in [-0.4, -0.2) is 28.9 Å². The van der Waals surface area contributed by atoms with E-state index in [-0.39, 0.29) is 5.91 Å². The predicted molar refractivity (Wildman–Crippen MR) is 85.3 cm³/mol. The number of rotatable bonds is 7. The topological polar surface area (TPSA) is 20.3 Å². The highest BCUT2D eigenvalue weighted by Crippen LogP contribution is 2.20. The van der Waals surface area contributed by atoms with E-state index in [9.17, 15) is 4.79 Å². The zero-order valence-corrected chi connectivity index (χ0v) is 13.4. The molecule has 1 rings (SSSR count). The number of carbonyl (C=O) groups is 1. The van der Waals surface area contributed by atoms with Gasteiger partial charge in [-0.1, -0.05) is 24.1 Å². The molecule has 0 radical (unpaired) electrons. The van der Waals surface area contributed by atoms with Gasteiger partial charge in [-0.2, -0.15) is 11.8 Å². The minimum atomic E-state index is 0.240. The van der Waals surface area contributed by atoms with E-state index in [0.717, 1.165) is 18.7 Å². The molecular weight excluding hydrogens is 254 g/mol. The molecule has 2 nitrogen and oxygen atoms in total. The van der Waals surface area contributed by atoms with Crippen molar-refractivity contribution >= 4 is 17.7 Å². The monoisotopic (exact) mass is 281 g/mol. The lowest BCUT2D eigenvalue weighted by atomic mass is 9.97. The van der Waals surface area contributed by atoms with E-state index in [2.05, 4.69) is 13.0 Å². The number of hydrogen-bond acceptors (Lipinski definition) is 2. The highest BCUT2D eigenvalue weighted by atomic mass is 32.2. The van der Waals surface area contributed by atoms with Gasteiger partial charge in [0.1, 0.15) is 0 Å². The Morgan fingerprint density at radius 2 is 2.21 bits per heavy atom. The standard InChI is InChI=1S/C16H27NOS/c1-4-19-13-16(18)17(12-14(2)3)11-10-15-8-6-5-7-9-15/h8,12H,4-7,9-11,13H2,1-3H3. The van der Waals surface area contributed by atoms with Gasteiger partial charge in [0.2, 0.25) is 5.91 Å². The van der Waals surface area contributed by atoms with Crippen LogP contribution in [0.4, 0.5) is 0 Å². The molecule has 0 saturated heterocycles. The number of amides is 1. The van der Waals surface area contributed by atoms with Crippen LogP contribution in [0.25, 0.3) is 0 Å². The summed E-state index contributed by atoms with van der Waals surface area (Å²) in [5, 5.41) is 0. The molecule has 1 aliphatic carbocycles. The Hall–Kier alpha value is -0.700. The van der Waals surface area contributed by atoms with Gasteiger partial charge in [-0.05, 0) is 51.7 Å². The average Bonchev–Trinajstić information content (AvgIpc) is 2.41. The van der Waals surface area contributed by atoms with Gasteiger partial charge >= 0.3 is 0 Å². The van der Waals surface area contributed by atoms with Crippen LogP contribution in [-0.2, 0) is 4.79 Å². The van der Waals surface area contributed by atoms with Gasteiger partial charge in [0, 0.05) is 12.7 Å². The second kappa shape index (κ2) is 9.24. The second-order valence-corrected chi connectivity index (χ2v) is 6.56. The van der Waals surface area contributed by atoms with E-state index in [4.69, 9.17) is 0 Å². The van der Waals surface area contributed by atoms with Crippen molar-refractivity contribution in [2.75, 3.05) is 18.1 Å². The summed E-state index contributed by atoms with van der Waals surface area (Å²) in [6.45, 7) is 7.02. The lowest BCUT2D eigenvalue weighted by Gasteiger charge is -2.21. The number of carbonyl (C=O) groups excluding carboxylic acids is 1. The van der Waals surface area contributed by atoms with Gasteiger partial charge in [0.05, 0.1) is 5.75 Å². The third-order valence-corrected chi connectivity index (χ3v) is 4.08. The molecule has 108 valence electrons. The predicted octanol–water partition coefficient (Wildman–Crippen LogP) is 4.38. The maximum absolute atomic E-state index is 12.2. The number of allylic oxidation sites excluding steroid dienone is 2. The third kappa shape index (κ3) is 6.86. The summed E-state index contributed by atoms with van der Waals surface area (Å²) in [6.07, 6.45) is 10.5. The Bertz CT molecular complexity index is 343. The Labute approximate surface area is 122 Å². The molecule has 0 aromatic rings. The van der Waals surface area contributed by atoms with Crippen molar-refractivity contribution in [3.63, 3.8) is 0 Å². The fourth-order valence-corrected chi connectivity index (χ4v) is 2.79. The second-order valence-electron chi connectivity index (χ2n) is 5.29. The Morgan fingerprint density at radius 3 is 2.79 bits per heavy atom. The largest absolute Gasteiger partial charge is 0.318 e. The van der Waals surface area contributed by atoms with Crippen LogP contribution in [0.3, 0.4) is 0 Å². The minimum Gasteiger partial charge on any atom is -0.318 e. The van der Waals surface area contributed by atoms with Crippen molar-refractivity contribution in [1.29, 1.82) is 0 Å². The molecule has 0 unspecified atom stereocenters. The SMILES string of the molecule is CCSCC(=O)N(C=C(C)C)CCC1=CCCCC1. The van der Waals surface area contributed by atoms with Crippen LogP contribution in [0.5, 0.6) is 0 Å². The van der Waals surface area contributed by atoms with E-state index < -0.39 is 0 Å². The fourth-order valence-electron chi connectivity index (χ4n) is 2.24. The average molecular weight is 281 g/mol. The molecular formula is C16H27NOS. The van der Waals surface area contributed by atoms with Gasteiger partial charge in [-0.3, -0.25) is 4.79 Å². The lowest BCUT2D eigenvalue weighted by Crippen LogP contribution is -2.29. The minimum absolute atomic E-state index is 0.240. The molecule has 1 amide bonds. The first-order chi connectivity index (χ1) is 9.13. The molecule has 0 aliphatic heterocycles. The van der Waals surface area contributed by atoms with Crippen molar-refractivity contribution in [3.8, 4) is 0 Å². The molecule has 0 fully saturated rings. The summed E-state index contributed by atoms with van der Waals surface area (Å²) < 4.78 is 0. The van der Waals surface area contributed by atoms with Crippen LogP contribution < -0.4 is 0 Å². The zero-order chi connectivity index (χ0) is 14.1. The molecule has 0 aromatic heterocycles. The Balaban J connectivity index is 2.51. The van der Waals surface area contributed by atoms with Crippen LogP contribution in [0.2, 0.25) is 0 Å². The maximum Gasteiger partial charge on any atom is 0.236 e. The van der Waals surface area contributed by atoms with Crippen molar-refractivity contribution in [2.24, 2.45) is 0 Å². The molecule has 0 N–H and O–H groups in total. The molecule has 0 bridgehead atoms. The molecule has 3 heteroatoms. The molecule has 0 heterocycles. The smallest absolute Gasteiger partial charge is 0.236 e. The van der Waals surface area contributed by atoms with Gasteiger partial charge in [0.15, 0.2) is 0 Å². The first-order valence-electron chi connectivity index (χ1n) is 7.33. The number of hydrogen-bond donors (Lipinski definition) is 0. The van der Waals surface area contributed by atoms with Gasteiger partial charge < -0.3 is 4.90 Å². The Kier molecular flexibility index (Phi) is 7.96. The molecule has 0 spiro atoms. The molecule has 1 aliphatic rings. The van der Waals surface area contributed by atoms with Crippen molar-refractivity contribution in [1.82, 2.24) is 4.90 Å². The number of thioether (sulfide) groups is 1. The maximum atomic E-state index is 12.2. The normalized spacial score (nSPS) is 14.8. The summed E-state index contributed by atoms with van der Waals surface area (Å²) >= 11 is 1.70. The van der Waals surface area contributed by atoms with Crippen molar-refractivity contribution in [2.45, 2.75) is 52.9 Å². The molecule has 19 heavy (non-hydrogen) atoms. The molecule has 0 saturated carbocycles.